The topological polar surface area (TPSA) is 21.3 Å². The van der Waals surface area contributed by atoms with E-state index < -0.39 is 0 Å². The van der Waals surface area contributed by atoms with Crippen molar-refractivity contribution in [3.8, 4) is 0 Å². The fraction of sp³-hybridized carbons (Fsp3) is 0.455. The number of hydrogen-bond donors (Lipinski definition) is 1. The summed E-state index contributed by atoms with van der Waals surface area (Å²) in [6.45, 7) is 2.58. The lowest BCUT2D eigenvalue weighted by molar-refractivity contribution is -0.00467. The lowest BCUT2D eigenvalue weighted by atomic mass is 10.1. The summed E-state index contributed by atoms with van der Waals surface area (Å²) < 4.78 is 17.6. The van der Waals surface area contributed by atoms with Crippen LogP contribution in [-0.4, -0.2) is 25.8 Å². The zero-order chi connectivity index (χ0) is 9.80. The van der Waals surface area contributed by atoms with Crippen molar-refractivity contribution in [3.63, 3.8) is 0 Å². The summed E-state index contributed by atoms with van der Waals surface area (Å²) in [6.07, 6.45) is 0.941. The fourth-order valence-electron chi connectivity index (χ4n) is 1.43. The van der Waals surface area contributed by atoms with Crippen LogP contribution in [-0.2, 0) is 11.2 Å². The van der Waals surface area contributed by atoms with Gasteiger partial charge >= 0.3 is 0 Å². The van der Waals surface area contributed by atoms with E-state index >= 15 is 0 Å². The second-order valence-corrected chi connectivity index (χ2v) is 3.56. The van der Waals surface area contributed by atoms with E-state index in [2.05, 4.69) is 5.32 Å². The molecule has 76 valence electrons. The lowest BCUT2D eigenvalue weighted by Crippen LogP contribution is -2.46. The molecule has 0 aliphatic carbocycles. The number of nitrogens with one attached hydrogen (secondary N) is 1. The molecule has 2 rings (SSSR count). The van der Waals surface area contributed by atoms with E-state index in [0.717, 1.165) is 26.2 Å². The Labute approximate surface area is 83.1 Å². The summed E-state index contributed by atoms with van der Waals surface area (Å²) in [4.78, 5) is 0. The highest BCUT2D eigenvalue weighted by atomic mass is 19.1. The van der Waals surface area contributed by atoms with E-state index in [0.29, 0.717) is 6.04 Å². The van der Waals surface area contributed by atoms with Gasteiger partial charge in [-0.05, 0) is 30.7 Å². The molecule has 1 fully saturated rings. The van der Waals surface area contributed by atoms with Gasteiger partial charge < -0.3 is 10.1 Å². The predicted octanol–water partition coefficient (Wildman–Crippen LogP) is 1.36. The van der Waals surface area contributed by atoms with Gasteiger partial charge in [-0.25, -0.2) is 4.39 Å². The van der Waals surface area contributed by atoms with Gasteiger partial charge in [0.15, 0.2) is 0 Å². The van der Waals surface area contributed by atoms with E-state index in [4.69, 9.17) is 4.74 Å². The molecule has 1 aromatic rings. The van der Waals surface area contributed by atoms with Gasteiger partial charge in [0.05, 0.1) is 19.3 Å². The summed E-state index contributed by atoms with van der Waals surface area (Å²) in [7, 11) is 0. The van der Waals surface area contributed by atoms with Crippen molar-refractivity contribution in [2.45, 2.75) is 12.5 Å². The number of ether oxygens (including phenoxy) is 1. The zero-order valence-electron chi connectivity index (χ0n) is 8.00. The molecule has 1 aliphatic rings. The smallest absolute Gasteiger partial charge is 0.123 e. The minimum Gasteiger partial charge on any atom is -0.378 e. The summed E-state index contributed by atoms with van der Waals surface area (Å²) in [5.74, 6) is -0.172. The van der Waals surface area contributed by atoms with Crippen molar-refractivity contribution in [2.24, 2.45) is 0 Å². The van der Waals surface area contributed by atoms with Gasteiger partial charge in [-0.2, -0.15) is 0 Å². The van der Waals surface area contributed by atoms with Crippen LogP contribution in [0, 0.1) is 5.82 Å². The molecular formula is C11H14FNO. The molecule has 0 aromatic heterocycles. The molecule has 0 bridgehead atoms. The Morgan fingerprint density at radius 1 is 1.29 bits per heavy atom. The Morgan fingerprint density at radius 2 is 2.00 bits per heavy atom. The first-order chi connectivity index (χ1) is 6.84. The van der Waals surface area contributed by atoms with Gasteiger partial charge in [0.25, 0.3) is 0 Å². The molecular weight excluding hydrogens is 181 g/mol. The highest BCUT2D eigenvalue weighted by Gasteiger charge is 2.16. The lowest BCUT2D eigenvalue weighted by Gasteiger charge is -2.26. The van der Waals surface area contributed by atoms with Crippen molar-refractivity contribution < 1.29 is 9.13 Å². The third-order valence-electron chi connectivity index (χ3n) is 2.40. The first-order valence-corrected chi connectivity index (χ1v) is 4.90. The van der Waals surface area contributed by atoms with Crippen LogP contribution in [0.4, 0.5) is 4.39 Å². The number of benzene rings is 1. The second-order valence-electron chi connectivity index (χ2n) is 3.56. The van der Waals surface area contributed by atoms with E-state index in [1.165, 1.54) is 17.7 Å². The maximum absolute atomic E-state index is 12.6. The summed E-state index contributed by atoms with van der Waals surface area (Å²) >= 11 is 0. The normalized spacial score (nSPS) is 16.6. The molecule has 1 saturated heterocycles. The summed E-state index contributed by atoms with van der Waals surface area (Å²) in [5.41, 5.74) is 1.17. The Bertz CT molecular complexity index is 282. The van der Waals surface area contributed by atoms with Crippen molar-refractivity contribution in [1.82, 2.24) is 5.32 Å². The number of hydrogen-bond acceptors (Lipinski definition) is 2. The Morgan fingerprint density at radius 3 is 2.57 bits per heavy atom. The highest BCUT2D eigenvalue weighted by molar-refractivity contribution is 5.16. The molecule has 0 spiro atoms. The standard InChI is InChI=1S/C11H14FNO/c12-10-3-1-9(2-4-10)5-6-13-11-7-14-8-11/h1-4,11,13H,5-8H2. The van der Waals surface area contributed by atoms with E-state index in [1.807, 2.05) is 12.1 Å². The molecule has 14 heavy (non-hydrogen) atoms. The molecule has 0 unspecified atom stereocenters. The quantitative estimate of drug-likeness (QED) is 0.783. The Balaban J connectivity index is 1.71. The summed E-state index contributed by atoms with van der Waals surface area (Å²) in [5, 5.41) is 3.36. The molecule has 2 nitrogen and oxygen atoms in total. The van der Waals surface area contributed by atoms with Crippen LogP contribution in [0.3, 0.4) is 0 Å². The van der Waals surface area contributed by atoms with Gasteiger partial charge in [0.2, 0.25) is 0 Å². The minimum atomic E-state index is -0.172. The zero-order valence-corrected chi connectivity index (χ0v) is 8.00. The fourth-order valence-corrected chi connectivity index (χ4v) is 1.43. The molecule has 1 N–H and O–H groups in total. The molecule has 1 heterocycles. The SMILES string of the molecule is Fc1ccc(CCNC2COC2)cc1. The minimum absolute atomic E-state index is 0.172. The largest absolute Gasteiger partial charge is 0.378 e. The predicted molar refractivity (Wildman–Crippen MR) is 52.7 cm³/mol. The van der Waals surface area contributed by atoms with Gasteiger partial charge in [-0.15, -0.1) is 0 Å². The first-order valence-electron chi connectivity index (χ1n) is 4.90. The molecule has 0 atom stereocenters. The maximum atomic E-state index is 12.6. The van der Waals surface area contributed by atoms with Crippen LogP contribution in [0.25, 0.3) is 0 Å². The average Bonchev–Trinajstić information content (AvgIpc) is 2.12. The van der Waals surface area contributed by atoms with Gasteiger partial charge in [0, 0.05) is 0 Å². The van der Waals surface area contributed by atoms with Gasteiger partial charge in [-0.3, -0.25) is 0 Å². The summed E-state index contributed by atoms with van der Waals surface area (Å²) in [6, 6.07) is 7.18. The third kappa shape index (κ3) is 2.53. The molecule has 1 aromatic carbocycles. The van der Waals surface area contributed by atoms with Crippen molar-refractivity contribution in [2.75, 3.05) is 19.8 Å². The molecule has 3 heteroatoms. The van der Waals surface area contributed by atoms with Crippen LogP contribution in [0.15, 0.2) is 24.3 Å². The third-order valence-corrected chi connectivity index (χ3v) is 2.40. The van der Waals surface area contributed by atoms with Crippen molar-refractivity contribution >= 4 is 0 Å². The van der Waals surface area contributed by atoms with Crippen LogP contribution in [0.2, 0.25) is 0 Å². The van der Waals surface area contributed by atoms with Crippen molar-refractivity contribution in [3.05, 3.63) is 35.6 Å². The van der Waals surface area contributed by atoms with Crippen LogP contribution in [0.5, 0.6) is 0 Å². The Hall–Kier alpha value is -0.930. The van der Waals surface area contributed by atoms with E-state index in [-0.39, 0.29) is 5.82 Å². The number of halogens is 1. The van der Waals surface area contributed by atoms with Crippen LogP contribution in [0.1, 0.15) is 5.56 Å². The van der Waals surface area contributed by atoms with Crippen LogP contribution >= 0.6 is 0 Å². The molecule has 0 amide bonds. The number of rotatable bonds is 4. The van der Waals surface area contributed by atoms with E-state index in [9.17, 15) is 4.39 Å². The highest BCUT2D eigenvalue weighted by Crippen LogP contribution is 2.04. The maximum Gasteiger partial charge on any atom is 0.123 e. The second kappa shape index (κ2) is 4.53. The molecule has 0 radical (unpaired) electrons. The van der Waals surface area contributed by atoms with Crippen LogP contribution < -0.4 is 5.32 Å². The monoisotopic (exact) mass is 195 g/mol. The Kier molecular flexibility index (Phi) is 3.11. The van der Waals surface area contributed by atoms with Gasteiger partial charge in [0.1, 0.15) is 5.82 Å². The van der Waals surface area contributed by atoms with E-state index in [1.54, 1.807) is 0 Å². The molecule has 0 saturated carbocycles. The van der Waals surface area contributed by atoms with Crippen molar-refractivity contribution in [1.29, 1.82) is 0 Å². The average molecular weight is 195 g/mol. The molecule has 1 aliphatic heterocycles. The van der Waals surface area contributed by atoms with Gasteiger partial charge in [-0.1, -0.05) is 12.1 Å². The first kappa shape index (κ1) is 9.62.